The van der Waals surface area contributed by atoms with E-state index in [2.05, 4.69) is 17.0 Å². The van der Waals surface area contributed by atoms with Crippen molar-refractivity contribution in [2.24, 2.45) is 0 Å². The van der Waals surface area contributed by atoms with Gasteiger partial charge in [-0.05, 0) is 78.5 Å². The van der Waals surface area contributed by atoms with Gasteiger partial charge in [-0.25, -0.2) is 0 Å². The molecule has 0 unspecified atom stereocenters. The van der Waals surface area contributed by atoms with Crippen LogP contribution in [0.25, 0.3) is 6.08 Å². The van der Waals surface area contributed by atoms with E-state index in [1.807, 2.05) is 57.6 Å². The fraction of sp³-hybridized carbons (Fsp3) is 0.273. The van der Waals surface area contributed by atoms with Crippen LogP contribution >= 0.6 is 12.2 Å². The first-order valence-electron chi connectivity index (χ1n) is 9.19. The lowest BCUT2D eigenvalue weighted by atomic mass is 10.1. The Labute approximate surface area is 165 Å². The summed E-state index contributed by atoms with van der Waals surface area (Å²) < 4.78 is 0. The molecular formula is C22H23N3OS. The van der Waals surface area contributed by atoms with Gasteiger partial charge in [0, 0.05) is 26.8 Å². The zero-order valence-corrected chi connectivity index (χ0v) is 16.7. The monoisotopic (exact) mass is 377 g/mol. The summed E-state index contributed by atoms with van der Waals surface area (Å²) >= 11 is 5.58. The number of anilines is 2. The number of aryl methyl sites for hydroxylation is 2. The average Bonchev–Trinajstić information content (AvgIpc) is 3.20. The molecule has 5 heteroatoms. The van der Waals surface area contributed by atoms with Crippen LogP contribution in [0.5, 0.6) is 0 Å². The van der Waals surface area contributed by atoms with E-state index in [1.165, 1.54) is 17.5 Å². The number of thiocarbonyl (C=S) groups is 1. The average molecular weight is 378 g/mol. The molecule has 0 spiro atoms. The van der Waals surface area contributed by atoms with E-state index in [-0.39, 0.29) is 5.91 Å². The molecule has 2 aromatic carbocycles. The highest BCUT2D eigenvalue weighted by Crippen LogP contribution is 2.32. The van der Waals surface area contributed by atoms with Gasteiger partial charge in [0.1, 0.15) is 5.70 Å². The van der Waals surface area contributed by atoms with Gasteiger partial charge in [0.2, 0.25) is 0 Å². The Bertz CT molecular complexity index is 947. The van der Waals surface area contributed by atoms with Crippen LogP contribution in [0, 0.1) is 0 Å². The summed E-state index contributed by atoms with van der Waals surface area (Å²) in [6, 6.07) is 14.4. The van der Waals surface area contributed by atoms with Crippen molar-refractivity contribution in [2.45, 2.75) is 19.3 Å². The van der Waals surface area contributed by atoms with Crippen LogP contribution in [0.3, 0.4) is 0 Å². The largest absolute Gasteiger partial charge is 0.378 e. The molecule has 0 radical (unpaired) electrons. The van der Waals surface area contributed by atoms with Gasteiger partial charge in [-0.2, -0.15) is 0 Å². The van der Waals surface area contributed by atoms with Gasteiger partial charge in [0.05, 0.1) is 5.69 Å². The molecule has 1 aliphatic heterocycles. The molecular weight excluding hydrogens is 354 g/mol. The van der Waals surface area contributed by atoms with E-state index in [0.717, 1.165) is 29.8 Å². The van der Waals surface area contributed by atoms with Gasteiger partial charge < -0.3 is 9.80 Å². The summed E-state index contributed by atoms with van der Waals surface area (Å²) in [5.74, 6) is -0.0721. The normalized spacial score (nSPS) is 17.8. The number of likely N-dealkylation sites (N-methyl/N-ethyl adjacent to an activating group) is 1. The SMILES string of the molecule is CN1C(=S)N(c2ccc3c(c2)CCC3)C(=O)/C1=C/c1ccc(N(C)C)cc1. The van der Waals surface area contributed by atoms with Crippen molar-refractivity contribution in [3.63, 3.8) is 0 Å². The zero-order valence-electron chi connectivity index (χ0n) is 15.9. The molecule has 0 saturated carbocycles. The van der Waals surface area contributed by atoms with Crippen LogP contribution in [-0.2, 0) is 17.6 Å². The first-order chi connectivity index (χ1) is 13.0. The Morgan fingerprint density at radius 2 is 1.74 bits per heavy atom. The van der Waals surface area contributed by atoms with Gasteiger partial charge in [-0.1, -0.05) is 18.2 Å². The lowest BCUT2D eigenvalue weighted by Crippen LogP contribution is -2.31. The van der Waals surface area contributed by atoms with E-state index in [1.54, 1.807) is 9.80 Å². The number of nitrogens with zero attached hydrogens (tertiary/aromatic N) is 3. The highest BCUT2D eigenvalue weighted by molar-refractivity contribution is 7.80. The lowest BCUT2D eigenvalue weighted by Gasteiger charge is -2.17. The van der Waals surface area contributed by atoms with E-state index >= 15 is 0 Å². The van der Waals surface area contributed by atoms with Crippen LogP contribution in [-0.4, -0.2) is 37.1 Å². The number of carbonyl (C=O) groups excluding carboxylic acids is 1. The van der Waals surface area contributed by atoms with Crippen molar-refractivity contribution in [3.05, 3.63) is 64.9 Å². The van der Waals surface area contributed by atoms with Crippen LogP contribution in [0.2, 0.25) is 0 Å². The Hall–Kier alpha value is -2.66. The first-order valence-corrected chi connectivity index (χ1v) is 9.59. The Kier molecular flexibility index (Phi) is 4.48. The third-order valence-electron chi connectivity index (χ3n) is 5.31. The minimum atomic E-state index is -0.0721. The fourth-order valence-corrected chi connectivity index (χ4v) is 3.99. The summed E-state index contributed by atoms with van der Waals surface area (Å²) in [5, 5.41) is 0.522. The van der Waals surface area contributed by atoms with Gasteiger partial charge in [-0.15, -0.1) is 0 Å². The molecule has 0 bridgehead atoms. The van der Waals surface area contributed by atoms with Gasteiger partial charge in [0.25, 0.3) is 5.91 Å². The number of fused-ring (bicyclic) bond motifs is 1. The van der Waals surface area contributed by atoms with Crippen LogP contribution in [0.15, 0.2) is 48.2 Å². The van der Waals surface area contributed by atoms with Crippen molar-refractivity contribution in [1.29, 1.82) is 0 Å². The summed E-state index contributed by atoms with van der Waals surface area (Å²) in [7, 11) is 5.87. The maximum absolute atomic E-state index is 13.1. The third kappa shape index (κ3) is 3.12. The molecule has 1 amide bonds. The number of benzene rings is 2. The second kappa shape index (κ2) is 6.82. The predicted molar refractivity (Wildman–Crippen MR) is 115 cm³/mol. The Balaban J connectivity index is 1.66. The first kappa shape index (κ1) is 17.7. The molecule has 1 aliphatic carbocycles. The van der Waals surface area contributed by atoms with Crippen LogP contribution < -0.4 is 9.80 Å². The number of rotatable bonds is 3. The topological polar surface area (TPSA) is 26.8 Å². The summed E-state index contributed by atoms with van der Waals surface area (Å²) in [4.78, 5) is 18.6. The standard InChI is InChI=1S/C22H23N3OS/c1-23(2)18-10-7-15(8-11-18)13-20-21(26)25(22(27)24(20)3)19-12-9-16-5-4-6-17(16)14-19/h7-14H,4-6H2,1-3H3/b20-13-. The molecule has 1 saturated heterocycles. The number of amides is 1. The van der Waals surface area contributed by atoms with Crippen molar-refractivity contribution in [2.75, 3.05) is 30.9 Å². The summed E-state index contributed by atoms with van der Waals surface area (Å²) in [6.07, 6.45) is 5.29. The zero-order chi connectivity index (χ0) is 19.1. The second-order valence-corrected chi connectivity index (χ2v) is 7.67. The predicted octanol–water partition coefficient (Wildman–Crippen LogP) is 3.85. The lowest BCUT2D eigenvalue weighted by molar-refractivity contribution is -0.114. The van der Waals surface area contributed by atoms with Crippen molar-refractivity contribution < 1.29 is 4.79 Å². The fourth-order valence-electron chi connectivity index (χ4n) is 3.71. The molecule has 0 atom stereocenters. The maximum atomic E-state index is 13.1. The number of hydrogen-bond acceptors (Lipinski definition) is 3. The molecule has 1 fully saturated rings. The van der Waals surface area contributed by atoms with E-state index in [0.29, 0.717) is 10.8 Å². The van der Waals surface area contributed by atoms with Crippen molar-refractivity contribution in [1.82, 2.24) is 4.90 Å². The molecule has 0 N–H and O–H groups in total. The smallest absolute Gasteiger partial charge is 0.281 e. The van der Waals surface area contributed by atoms with Crippen molar-refractivity contribution in [3.8, 4) is 0 Å². The summed E-state index contributed by atoms with van der Waals surface area (Å²) in [5.41, 5.74) is 6.29. The molecule has 2 aliphatic rings. The summed E-state index contributed by atoms with van der Waals surface area (Å²) in [6.45, 7) is 0. The Morgan fingerprint density at radius 3 is 2.44 bits per heavy atom. The molecule has 4 rings (SSSR count). The highest BCUT2D eigenvalue weighted by Gasteiger charge is 2.37. The van der Waals surface area contributed by atoms with E-state index in [9.17, 15) is 4.79 Å². The van der Waals surface area contributed by atoms with Crippen LogP contribution in [0.1, 0.15) is 23.1 Å². The van der Waals surface area contributed by atoms with E-state index in [4.69, 9.17) is 12.2 Å². The van der Waals surface area contributed by atoms with Gasteiger partial charge in [0.15, 0.2) is 5.11 Å². The van der Waals surface area contributed by atoms with Gasteiger partial charge >= 0.3 is 0 Å². The minimum Gasteiger partial charge on any atom is -0.378 e. The molecule has 138 valence electrons. The second-order valence-electron chi connectivity index (χ2n) is 7.30. The quantitative estimate of drug-likeness (QED) is 0.600. The van der Waals surface area contributed by atoms with E-state index < -0.39 is 0 Å². The molecule has 4 nitrogen and oxygen atoms in total. The van der Waals surface area contributed by atoms with Crippen molar-refractivity contribution >= 4 is 40.7 Å². The third-order valence-corrected chi connectivity index (χ3v) is 5.77. The number of carbonyl (C=O) groups is 1. The Morgan fingerprint density at radius 1 is 1.04 bits per heavy atom. The van der Waals surface area contributed by atoms with Gasteiger partial charge in [-0.3, -0.25) is 9.69 Å². The minimum absolute atomic E-state index is 0.0721. The molecule has 2 aromatic rings. The van der Waals surface area contributed by atoms with Crippen LogP contribution in [0.4, 0.5) is 11.4 Å². The molecule has 0 aromatic heterocycles. The number of hydrogen-bond donors (Lipinski definition) is 0. The highest BCUT2D eigenvalue weighted by atomic mass is 32.1. The molecule has 27 heavy (non-hydrogen) atoms. The maximum Gasteiger partial charge on any atom is 0.281 e. The molecule has 1 heterocycles.